The van der Waals surface area contributed by atoms with E-state index in [4.69, 9.17) is 0 Å². The first-order chi connectivity index (χ1) is 10.2. The molecule has 2 rings (SSSR count). The minimum atomic E-state index is 0.174. The van der Waals surface area contributed by atoms with Gasteiger partial charge in [0.1, 0.15) is 0 Å². The van der Waals surface area contributed by atoms with E-state index in [0.29, 0.717) is 0 Å². The zero-order valence-electron chi connectivity index (χ0n) is 13.1. The highest BCUT2D eigenvalue weighted by molar-refractivity contribution is 9.10. The van der Waals surface area contributed by atoms with Crippen LogP contribution in [-0.4, -0.2) is 16.3 Å². The average Bonchev–Trinajstić information content (AvgIpc) is 2.92. The number of halogens is 1. The first-order valence-electron chi connectivity index (χ1n) is 7.68. The number of aromatic nitrogens is 2. The van der Waals surface area contributed by atoms with Crippen LogP contribution >= 0.6 is 15.9 Å². The topological polar surface area (TPSA) is 29.9 Å². The molecule has 0 fully saturated rings. The molecule has 0 aliphatic heterocycles. The van der Waals surface area contributed by atoms with E-state index in [2.05, 4.69) is 76.1 Å². The lowest BCUT2D eigenvalue weighted by molar-refractivity contribution is 0.510. The second kappa shape index (κ2) is 7.76. The summed E-state index contributed by atoms with van der Waals surface area (Å²) in [5.41, 5.74) is 3.79. The molecule has 1 unspecified atom stereocenters. The fourth-order valence-electron chi connectivity index (χ4n) is 2.53. The van der Waals surface area contributed by atoms with Crippen molar-refractivity contribution in [2.24, 2.45) is 0 Å². The third kappa shape index (κ3) is 3.95. The van der Waals surface area contributed by atoms with E-state index in [1.807, 2.05) is 6.20 Å². The second-order valence-corrected chi connectivity index (χ2v) is 6.25. The van der Waals surface area contributed by atoms with Gasteiger partial charge in [0.15, 0.2) is 0 Å². The molecule has 3 nitrogen and oxygen atoms in total. The number of nitrogens with zero attached hydrogens (tertiary/aromatic N) is 2. The van der Waals surface area contributed by atoms with Crippen molar-refractivity contribution >= 4 is 15.9 Å². The minimum absolute atomic E-state index is 0.174. The largest absolute Gasteiger partial charge is 0.305 e. The summed E-state index contributed by atoms with van der Waals surface area (Å²) >= 11 is 3.70. The predicted octanol–water partition coefficient (Wildman–Crippen LogP) is 4.45. The lowest BCUT2D eigenvalue weighted by Crippen LogP contribution is -2.26. The van der Waals surface area contributed by atoms with Crippen LogP contribution < -0.4 is 5.32 Å². The molecule has 21 heavy (non-hydrogen) atoms. The number of nitrogens with one attached hydrogen (secondary N) is 1. The quantitative estimate of drug-likeness (QED) is 0.799. The Balaban J connectivity index is 2.42. The van der Waals surface area contributed by atoms with Gasteiger partial charge in [-0.1, -0.05) is 47.5 Å². The Morgan fingerprint density at radius 2 is 2.05 bits per heavy atom. The van der Waals surface area contributed by atoms with E-state index in [1.165, 1.54) is 16.8 Å². The molecule has 1 aromatic carbocycles. The predicted molar refractivity (Wildman–Crippen MR) is 91.5 cm³/mol. The number of hydrogen-bond donors (Lipinski definition) is 1. The van der Waals surface area contributed by atoms with Crippen LogP contribution in [0.4, 0.5) is 0 Å². The molecule has 0 spiro atoms. The van der Waals surface area contributed by atoms with Crippen molar-refractivity contribution in [2.75, 3.05) is 6.54 Å². The Labute approximate surface area is 135 Å². The van der Waals surface area contributed by atoms with Gasteiger partial charge in [-0.3, -0.25) is 4.68 Å². The van der Waals surface area contributed by atoms with Crippen LogP contribution in [0.5, 0.6) is 0 Å². The van der Waals surface area contributed by atoms with Crippen LogP contribution in [0.15, 0.2) is 34.9 Å². The van der Waals surface area contributed by atoms with Crippen molar-refractivity contribution in [3.8, 4) is 0 Å². The summed E-state index contributed by atoms with van der Waals surface area (Å²) in [6, 6.07) is 8.81. The maximum absolute atomic E-state index is 4.47. The summed E-state index contributed by atoms with van der Waals surface area (Å²) in [7, 11) is 0. The molecule has 0 aliphatic rings. The van der Waals surface area contributed by atoms with Crippen molar-refractivity contribution < 1.29 is 0 Å². The second-order valence-electron chi connectivity index (χ2n) is 5.39. The molecular weight excluding hydrogens is 326 g/mol. The van der Waals surface area contributed by atoms with E-state index < -0.39 is 0 Å². The number of hydrogen-bond acceptors (Lipinski definition) is 2. The van der Waals surface area contributed by atoms with Gasteiger partial charge in [0.05, 0.1) is 11.7 Å². The van der Waals surface area contributed by atoms with Crippen molar-refractivity contribution in [3.63, 3.8) is 0 Å². The lowest BCUT2D eigenvalue weighted by atomic mass is 10.0. The van der Waals surface area contributed by atoms with E-state index >= 15 is 0 Å². The molecule has 2 aromatic rings. The molecule has 1 N–H and O–H groups in total. The van der Waals surface area contributed by atoms with Crippen LogP contribution in [0.1, 0.15) is 49.6 Å². The molecule has 0 radical (unpaired) electrons. The van der Waals surface area contributed by atoms with E-state index in [-0.39, 0.29) is 6.04 Å². The molecule has 0 bridgehead atoms. The van der Waals surface area contributed by atoms with Crippen LogP contribution in [0.2, 0.25) is 0 Å². The zero-order chi connectivity index (χ0) is 15.2. The number of benzene rings is 1. The summed E-state index contributed by atoms with van der Waals surface area (Å²) < 4.78 is 3.26. The normalized spacial score (nSPS) is 12.6. The molecule has 0 aliphatic carbocycles. The van der Waals surface area contributed by atoms with E-state index in [0.717, 1.165) is 30.4 Å². The standard InChI is InChI=1S/C17H24BrN3/c1-4-9-19-17(14-12-13(3)6-7-15(14)18)16-8-10-20-21(16)11-5-2/h6-8,10,12,17,19H,4-5,9,11H2,1-3H3. The van der Waals surface area contributed by atoms with Gasteiger partial charge in [-0.05, 0) is 44.0 Å². The summed E-state index contributed by atoms with van der Waals surface area (Å²) in [5, 5.41) is 8.14. The molecule has 0 amide bonds. The van der Waals surface area contributed by atoms with Gasteiger partial charge in [-0.2, -0.15) is 5.10 Å². The van der Waals surface area contributed by atoms with E-state index in [1.54, 1.807) is 0 Å². The Kier molecular flexibility index (Phi) is 6.00. The molecule has 1 aromatic heterocycles. The molecule has 114 valence electrons. The fraction of sp³-hybridized carbons (Fsp3) is 0.471. The number of aryl methyl sites for hydroxylation is 2. The van der Waals surface area contributed by atoms with Crippen LogP contribution in [0, 0.1) is 6.92 Å². The van der Waals surface area contributed by atoms with Gasteiger partial charge in [0.25, 0.3) is 0 Å². The average molecular weight is 350 g/mol. The Hall–Kier alpha value is -1.13. The Morgan fingerprint density at radius 3 is 2.76 bits per heavy atom. The smallest absolute Gasteiger partial charge is 0.0759 e. The molecule has 0 saturated carbocycles. The molecule has 1 heterocycles. The highest BCUT2D eigenvalue weighted by Crippen LogP contribution is 2.29. The van der Waals surface area contributed by atoms with Gasteiger partial charge < -0.3 is 5.32 Å². The first kappa shape index (κ1) is 16.2. The Bertz CT molecular complexity index is 577. The van der Waals surface area contributed by atoms with Crippen molar-refractivity contribution in [3.05, 3.63) is 51.8 Å². The molecule has 1 atom stereocenters. The SMILES string of the molecule is CCCNC(c1cc(C)ccc1Br)c1ccnn1CCC. The number of rotatable bonds is 7. The van der Waals surface area contributed by atoms with Gasteiger partial charge in [-0.15, -0.1) is 0 Å². The third-order valence-electron chi connectivity index (χ3n) is 3.54. The maximum Gasteiger partial charge on any atom is 0.0759 e. The zero-order valence-corrected chi connectivity index (χ0v) is 14.7. The minimum Gasteiger partial charge on any atom is -0.305 e. The maximum atomic E-state index is 4.47. The highest BCUT2D eigenvalue weighted by Gasteiger charge is 2.20. The molecule has 0 saturated heterocycles. The fourth-order valence-corrected chi connectivity index (χ4v) is 3.01. The van der Waals surface area contributed by atoms with Crippen molar-refractivity contribution in [1.29, 1.82) is 0 Å². The summed E-state index contributed by atoms with van der Waals surface area (Å²) in [6.07, 6.45) is 4.10. The first-order valence-corrected chi connectivity index (χ1v) is 8.47. The van der Waals surface area contributed by atoms with Crippen molar-refractivity contribution in [1.82, 2.24) is 15.1 Å². The summed E-state index contributed by atoms with van der Waals surface area (Å²) in [6.45, 7) is 8.45. The summed E-state index contributed by atoms with van der Waals surface area (Å²) in [5.74, 6) is 0. The van der Waals surface area contributed by atoms with Crippen LogP contribution in [0.25, 0.3) is 0 Å². The van der Waals surface area contributed by atoms with E-state index in [9.17, 15) is 0 Å². The lowest BCUT2D eigenvalue weighted by Gasteiger charge is -2.22. The van der Waals surface area contributed by atoms with Crippen LogP contribution in [0.3, 0.4) is 0 Å². The monoisotopic (exact) mass is 349 g/mol. The molecule has 4 heteroatoms. The van der Waals surface area contributed by atoms with Gasteiger partial charge in [-0.25, -0.2) is 0 Å². The molecular formula is C17H24BrN3. The van der Waals surface area contributed by atoms with Crippen molar-refractivity contribution in [2.45, 2.75) is 46.2 Å². The van der Waals surface area contributed by atoms with Gasteiger partial charge in [0, 0.05) is 17.2 Å². The Morgan fingerprint density at radius 1 is 1.24 bits per heavy atom. The van der Waals surface area contributed by atoms with Crippen LogP contribution in [-0.2, 0) is 6.54 Å². The van der Waals surface area contributed by atoms with Gasteiger partial charge in [0.2, 0.25) is 0 Å². The third-order valence-corrected chi connectivity index (χ3v) is 4.26. The highest BCUT2D eigenvalue weighted by atomic mass is 79.9. The summed E-state index contributed by atoms with van der Waals surface area (Å²) in [4.78, 5) is 0. The van der Waals surface area contributed by atoms with Gasteiger partial charge >= 0.3 is 0 Å².